The molecule has 1 spiro atoms. The van der Waals surface area contributed by atoms with Gasteiger partial charge in [-0.05, 0) is 12.8 Å². The summed E-state index contributed by atoms with van der Waals surface area (Å²) in [7, 11) is 0. The van der Waals surface area contributed by atoms with Gasteiger partial charge in [0.05, 0.1) is 12.1 Å². The molecule has 0 radical (unpaired) electrons. The van der Waals surface area contributed by atoms with Crippen LogP contribution in [0.1, 0.15) is 38.5 Å². The summed E-state index contributed by atoms with van der Waals surface area (Å²) < 4.78 is 5.32. The Morgan fingerprint density at radius 1 is 1.15 bits per heavy atom. The number of carbonyl (C=O) groups excluding carboxylic acids is 1. The second kappa shape index (κ2) is 3.66. The first-order valence-corrected chi connectivity index (χ1v) is 5.20. The average molecular weight is 183 g/mol. The molecule has 0 aromatic heterocycles. The van der Waals surface area contributed by atoms with Crippen LogP contribution in [0.2, 0.25) is 0 Å². The molecular formula is C10H17NO2. The second-order valence-electron chi connectivity index (χ2n) is 4.24. The van der Waals surface area contributed by atoms with Crippen molar-refractivity contribution in [3.63, 3.8) is 0 Å². The lowest BCUT2D eigenvalue weighted by Crippen LogP contribution is -2.56. The van der Waals surface area contributed by atoms with Gasteiger partial charge >= 0.3 is 0 Å². The van der Waals surface area contributed by atoms with Crippen molar-refractivity contribution in [1.82, 2.24) is 5.32 Å². The van der Waals surface area contributed by atoms with Gasteiger partial charge in [-0.25, -0.2) is 0 Å². The van der Waals surface area contributed by atoms with E-state index < -0.39 is 0 Å². The molecule has 3 nitrogen and oxygen atoms in total. The molecule has 2 fully saturated rings. The summed E-state index contributed by atoms with van der Waals surface area (Å²) in [5.41, 5.74) is -0.00810. The second-order valence-corrected chi connectivity index (χ2v) is 4.24. The number of hydrogen-bond acceptors (Lipinski definition) is 2. The third-order valence-corrected chi connectivity index (χ3v) is 3.08. The first-order chi connectivity index (χ1) is 6.31. The lowest BCUT2D eigenvalue weighted by Gasteiger charge is -2.37. The molecular weight excluding hydrogens is 166 g/mol. The molecule has 0 aromatic carbocycles. The fraction of sp³-hybridized carbons (Fsp3) is 0.900. The van der Waals surface area contributed by atoms with Crippen LogP contribution < -0.4 is 5.32 Å². The summed E-state index contributed by atoms with van der Waals surface area (Å²) in [5.74, 6) is 0.0631. The summed E-state index contributed by atoms with van der Waals surface area (Å²) >= 11 is 0. The minimum Gasteiger partial charge on any atom is -0.369 e. The van der Waals surface area contributed by atoms with Crippen LogP contribution >= 0.6 is 0 Å². The maximum atomic E-state index is 11.2. The monoisotopic (exact) mass is 183 g/mol. The molecule has 0 unspecified atom stereocenters. The first-order valence-electron chi connectivity index (χ1n) is 5.20. The Labute approximate surface area is 78.8 Å². The summed E-state index contributed by atoms with van der Waals surface area (Å²) in [5, 5.41) is 3.11. The predicted molar refractivity (Wildman–Crippen MR) is 49.4 cm³/mol. The quantitative estimate of drug-likeness (QED) is 0.613. The van der Waals surface area contributed by atoms with E-state index in [-0.39, 0.29) is 18.1 Å². The zero-order valence-corrected chi connectivity index (χ0v) is 7.97. The molecule has 1 saturated carbocycles. The van der Waals surface area contributed by atoms with Crippen molar-refractivity contribution < 1.29 is 9.53 Å². The van der Waals surface area contributed by atoms with Crippen molar-refractivity contribution in [3.8, 4) is 0 Å². The first kappa shape index (κ1) is 9.00. The van der Waals surface area contributed by atoms with Crippen LogP contribution in [-0.2, 0) is 9.53 Å². The topological polar surface area (TPSA) is 38.3 Å². The van der Waals surface area contributed by atoms with E-state index in [9.17, 15) is 4.79 Å². The van der Waals surface area contributed by atoms with Crippen LogP contribution in [0.25, 0.3) is 0 Å². The van der Waals surface area contributed by atoms with E-state index in [1.807, 2.05) is 0 Å². The Bertz CT molecular complexity index is 195. The Kier molecular flexibility index (Phi) is 2.54. The maximum absolute atomic E-state index is 11.2. The van der Waals surface area contributed by atoms with E-state index in [4.69, 9.17) is 4.74 Å². The number of hydrogen-bond donors (Lipinski definition) is 1. The van der Waals surface area contributed by atoms with Gasteiger partial charge in [0.15, 0.2) is 0 Å². The lowest BCUT2D eigenvalue weighted by molar-refractivity contribution is -0.135. The number of carbonyl (C=O) groups is 1. The Balaban J connectivity index is 2.02. The van der Waals surface area contributed by atoms with E-state index >= 15 is 0 Å². The maximum Gasteiger partial charge on any atom is 0.246 e. The highest BCUT2D eigenvalue weighted by Gasteiger charge is 2.35. The van der Waals surface area contributed by atoms with Crippen molar-refractivity contribution in [3.05, 3.63) is 0 Å². The van der Waals surface area contributed by atoms with Gasteiger partial charge in [-0.1, -0.05) is 25.7 Å². The van der Waals surface area contributed by atoms with Crippen LogP contribution in [0, 0.1) is 0 Å². The molecule has 1 aliphatic heterocycles. The van der Waals surface area contributed by atoms with Gasteiger partial charge < -0.3 is 10.1 Å². The summed E-state index contributed by atoms with van der Waals surface area (Å²) in [4.78, 5) is 11.2. The number of rotatable bonds is 0. The molecule has 2 aliphatic rings. The van der Waals surface area contributed by atoms with Gasteiger partial charge in [0, 0.05) is 0 Å². The fourth-order valence-electron chi connectivity index (χ4n) is 2.38. The van der Waals surface area contributed by atoms with Gasteiger partial charge in [-0.3, -0.25) is 4.79 Å². The largest absolute Gasteiger partial charge is 0.369 e. The molecule has 1 heterocycles. The summed E-state index contributed by atoms with van der Waals surface area (Å²) in [6, 6.07) is 0. The fourth-order valence-corrected chi connectivity index (χ4v) is 2.38. The van der Waals surface area contributed by atoms with Crippen LogP contribution in [0.3, 0.4) is 0 Å². The number of amides is 1. The summed E-state index contributed by atoms with van der Waals surface area (Å²) in [6.45, 7) is 0.973. The van der Waals surface area contributed by atoms with Crippen molar-refractivity contribution in [1.29, 1.82) is 0 Å². The molecule has 0 bridgehead atoms. The standard InChI is InChI=1S/C10H17NO2/c12-9-7-13-8-10(11-9)5-3-1-2-4-6-10/h1-8H2,(H,11,12). The molecule has 0 atom stereocenters. The van der Waals surface area contributed by atoms with Crippen molar-refractivity contribution in [2.45, 2.75) is 44.1 Å². The Morgan fingerprint density at radius 3 is 2.46 bits per heavy atom. The highest BCUT2D eigenvalue weighted by Crippen LogP contribution is 2.28. The Hall–Kier alpha value is -0.570. The molecule has 0 aromatic rings. The van der Waals surface area contributed by atoms with Gasteiger partial charge in [-0.15, -0.1) is 0 Å². The van der Waals surface area contributed by atoms with Crippen LogP contribution in [-0.4, -0.2) is 24.7 Å². The van der Waals surface area contributed by atoms with E-state index in [1.54, 1.807) is 0 Å². The van der Waals surface area contributed by atoms with Crippen LogP contribution in [0.15, 0.2) is 0 Å². The highest BCUT2D eigenvalue weighted by molar-refractivity contribution is 5.78. The molecule has 2 rings (SSSR count). The Morgan fingerprint density at radius 2 is 1.85 bits per heavy atom. The lowest BCUT2D eigenvalue weighted by atomic mass is 9.90. The summed E-state index contributed by atoms with van der Waals surface area (Å²) in [6.07, 6.45) is 7.25. The van der Waals surface area contributed by atoms with Crippen LogP contribution in [0.4, 0.5) is 0 Å². The third kappa shape index (κ3) is 2.02. The smallest absolute Gasteiger partial charge is 0.246 e. The normalized spacial score (nSPS) is 28.2. The van der Waals surface area contributed by atoms with Crippen molar-refractivity contribution in [2.24, 2.45) is 0 Å². The van der Waals surface area contributed by atoms with E-state index in [0.29, 0.717) is 0 Å². The van der Waals surface area contributed by atoms with Gasteiger partial charge in [0.1, 0.15) is 6.61 Å². The van der Waals surface area contributed by atoms with Crippen molar-refractivity contribution >= 4 is 5.91 Å². The minimum absolute atomic E-state index is 0.00810. The zero-order chi connectivity index (χ0) is 9.15. The molecule has 1 amide bonds. The highest BCUT2D eigenvalue weighted by atomic mass is 16.5. The van der Waals surface area contributed by atoms with E-state index in [1.165, 1.54) is 25.7 Å². The molecule has 1 N–H and O–H groups in total. The molecule has 3 heteroatoms. The molecule has 1 aliphatic carbocycles. The SMILES string of the molecule is O=C1COCC2(CCCCCC2)N1. The van der Waals surface area contributed by atoms with E-state index in [0.717, 1.165) is 19.4 Å². The van der Waals surface area contributed by atoms with Gasteiger partial charge in [-0.2, -0.15) is 0 Å². The molecule has 13 heavy (non-hydrogen) atoms. The zero-order valence-electron chi connectivity index (χ0n) is 7.97. The number of morpholine rings is 1. The average Bonchev–Trinajstić information content (AvgIpc) is 2.31. The van der Waals surface area contributed by atoms with E-state index in [2.05, 4.69) is 5.32 Å². The minimum atomic E-state index is -0.00810. The third-order valence-electron chi connectivity index (χ3n) is 3.08. The number of ether oxygens (including phenoxy) is 1. The van der Waals surface area contributed by atoms with Crippen LogP contribution in [0.5, 0.6) is 0 Å². The molecule has 74 valence electrons. The van der Waals surface area contributed by atoms with Gasteiger partial charge in [0.2, 0.25) is 5.91 Å². The van der Waals surface area contributed by atoms with Crippen molar-refractivity contribution in [2.75, 3.05) is 13.2 Å². The number of nitrogens with one attached hydrogen (secondary N) is 1. The van der Waals surface area contributed by atoms with Gasteiger partial charge in [0.25, 0.3) is 0 Å². The molecule has 1 saturated heterocycles. The predicted octanol–water partition coefficient (Wildman–Crippen LogP) is 1.23.